The largest absolute Gasteiger partial charge is 0.480 e. The Kier molecular flexibility index (Phi) is 6.85. The number of Topliss-reactive ketones (excluding diaryl/α,β-unsaturated/α-hetero) is 1. The molecule has 4 rings (SSSR count). The summed E-state index contributed by atoms with van der Waals surface area (Å²) in [5, 5.41) is 9.30. The summed E-state index contributed by atoms with van der Waals surface area (Å²) in [6.45, 7) is 2.23. The first-order chi connectivity index (χ1) is 14.9. The van der Waals surface area contributed by atoms with Crippen LogP contribution < -0.4 is 0 Å². The number of amides is 1. The van der Waals surface area contributed by atoms with E-state index in [-0.39, 0.29) is 23.7 Å². The van der Waals surface area contributed by atoms with Crippen LogP contribution in [0.5, 0.6) is 0 Å². The molecule has 6 heteroatoms. The zero-order valence-corrected chi connectivity index (χ0v) is 18.9. The smallest absolute Gasteiger partial charge is 0.319 e. The van der Waals surface area contributed by atoms with Gasteiger partial charge in [0, 0.05) is 29.7 Å². The number of ketones is 1. The molecule has 1 heterocycles. The van der Waals surface area contributed by atoms with E-state index in [0.29, 0.717) is 31.6 Å². The summed E-state index contributed by atoms with van der Waals surface area (Å²) in [5.41, 5.74) is 0.985. The normalized spacial score (nSPS) is 29.5. The summed E-state index contributed by atoms with van der Waals surface area (Å²) in [4.78, 5) is 40.7. The van der Waals surface area contributed by atoms with E-state index in [2.05, 4.69) is 6.92 Å². The quantitative estimate of drug-likeness (QED) is 0.713. The Morgan fingerprint density at radius 1 is 1.00 bits per heavy atom. The molecule has 2 fully saturated rings. The van der Waals surface area contributed by atoms with Crippen LogP contribution in [0.25, 0.3) is 4.91 Å². The first-order valence-corrected chi connectivity index (χ1v) is 12.3. The van der Waals surface area contributed by atoms with Crippen molar-refractivity contribution in [1.82, 2.24) is 4.90 Å². The minimum atomic E-state index is -0.890. The molecule has 2 unspecified atom stereocenters. The van der Waals surface area contributed by atoms with Crippen molar-refractivity contribution in [3.05, 3.63) is 42.0 Å². The lowest BCUT2D eigenvalue weighted by Crippen LogP contribution is -2.54. The van der Waals surface area contributed by atoms with Crippen molar-refractivity contribution in [1.29, 1.82) is 0 Å². The molecule has 0 radical (unpaired) electrons. The van der Waals surface area contributed by atoms with Crippen LogP contribution in [0, 0.1) is 11.8 Å². The monoisotopic (exact) mass is 441 g/mol. The number of carboxylic acid groups (broad SMARTS) is 1. The van der Waals surface area contributed by atoms with E-state index in [4.69, 9.17) is 0 Å². The van der Waals surface area contributed by atoms with Crippen LogP contribution in [0.3, 0.4) is 0 Å². The average Bonchev–Trinajstić information content (AvgIpc) is 3.22. The van der Waals surface area contributed by atoms with Crippen molar-refractivity contribution < 1.29 is 19.5 Å². The Labute approximate surface area is 188 Å². The van der Waals surface area contributed by atoms with Crippen LogP contribution in [0.15, 0.2) is 36.4 Å². The van der Waals surface area contributed by atoms with E-state index in [9.17, 15) is 19.5 Å². The highest BCUT2D eigenvalue weighted by molar-refractivity contribution is 8.09. The van der Waals surface area contributed by atoms with Crippen LogP contribution in [0.1, 0.15) is 63.9 Å². The van der Waals surface area contributed by atoms with Crippen molar-refractivity contribution >= 4 is 34.3 Å². The van der Waals surface area contributed by atoms with E-state index in [1.165, 1.54) is 11.8 Å². The Bertz CT molecular complexity index is 850. The van der Waals surface area contributed by atoms with Gasteiger partial charge < -0.3 is 10.0 Å². The van der Waals surface area contributed by atoms with E-state index in [1.807, 2.05) is 41.3 Å². The molecule has 166 valence electrons. The number of carbonyl (C=O) groups excluding carboxylic acids is 2. The number of benzene rings is 1. The fraction of sp³-hybridized carbons (Fsp3) is 0.560. The lowest BCUT2D eigenvalue weighted by Gasteiger charge is -2.41. The predicted molar refractivity (Wildman–Crippen MR) is 122 cm³/mol. The molecule has 3 aliphatic rings. The van der Waals surface area contributed by atoms with Crippen LogP contribution in [-0.4, -0.2) is 45.0 Å². The van der Waals surface area contributed by atoms with Gasteiger partial charge in [-0.05, 0) is 56.1 Å². The maximum atomic E-state index is 13.8. The minimum absolute atomic E-state index is 0.0394. The molecule has 2 atom stereocenters. The molecule has 31 heavy (non-hydrogen) atoms. The molecule has 2 saturated carbocycles. The van der Waals surface area contributed by atoms with Gasteiger partial charge in [0.15, 0.2) is 0 Å². The lowest BCUT2D eigenvalue weighted by molar-refractivity contribution is -0.145. The maximum Gasteiger partial charge on any atom is 0.319 e. The van der Waals surface area contributed by atoms with Gasteiger partial charge in [-0.3, -0.25) is 14.4 Å². The number of nitrogens with zero attached hydrogens (tertiary/aromatic N) is 1. The Hall–Kier alpha value is -2.08. The molecule has 1 N–H and O–H groups in total. The number of hydrogen-bond acceptors (Lipinski definition) is 4. The number of hydrogen-bond donors (Lipinski definition) is 1. The number of rotatable bonds is 5. The number of carbonyl (C=O) groups is 3. The number of aliphatic carboxylic acids is 1. The fourth-order valence-corrected chi connectivity index (χ4v) is 6.38. The second-order valence-corrected chi connectivity index (χ2v) is 10.4. The third-order valence-corrected chi connectivity index (χ3v) is 8.40. The summed E-state index contributed by atoms with van der Waals surface area (Å²) < 4.78 is 0. The third kappa shape index (κ3) is 4.89. The van der Waals surface area contributed by atoms with Gasteiger partial charge in [0.05, 0.1) is 6.04 Å². The van der Waals surface area contributed by atoms with E-state index in [1.54, 1.807) is 0 Å². The van der Waals surface area contributed by atoms with E-state index < -0.39 is 17.3 Å². The molecular formula is C25H31NO4S. The Morgan fingerprint density at radius 3 is 2.26 bits per heavy atom. The van der Waals surface area contributed by atoms with Crippen molar-refractivity contribution in [2.75, 3.05) is 0 Å². The van der Waals surface area contributed by atoms with Gasteiger partial charge in [-0.25, -0.2) is 0 Å². The average molecular weight is 442 g/mol. The second kappa shape index (κ2) is 9.60. The lowest BCUT2D eigenvalue weighted by atomic mass is 9.81. The van der Waals surface area contributed by atoms with Crippen LogP contribution in [0.2, 0.25) is 0 Å². The molecule has 1 aliphatic heterocycles. The highest BCUT2D eigenvalue weighted by atomic mass is 32.2. The molecular weight excluding hydrogens is 410 g/mol. The highest BCUT2D eigenvalue weighted by Crippen LogP contribution is 2.44. The highest BCUT2D eigenvalue weighted by Gasteiger charge is 2.45. The maximum absolute atomic E-state index is 13.8. The summed E-state index contributed by atoms with van der Waals surface area (Å²) in [5.74, 6) is 0.0460. The molecule has 1 amide bonds. The van der Waals surface area contributed by atoms with Gasteiger partial charge in [-0.15, -0.1) is 11.8 Å². The molecule has 2 aliphatic carbocycles. The van der Waals surface area contributed by atoms with Crippen molar-refractivity contribution in [3.63, 3.8) is 0 Å². The Balaban J connectivity index is 1.66. The summed E-state index contributed by atoms with van der Waals surface area (Å²) in [6.07, 6.45) is 8.03. The molecule has 0 saturated heterocycles. The number of carboxylic acids is 1. The zero-order chi connectivity index (χ0) is 22.0. The Morgan fingerprint density at radius 2 is 1.65 bits per heavy atom. The van der Waals surface area contributed by atoms with Gasteiger partial charge in [-0.2, -0.15) is 0 Å². The van der Waals surface area contributed by atoms with Crippen molar-refractivity contribution in [2.45, 2.75) is 75.6 Å². The topological polar surface area (TPSA) is 74.7 Å². The van der Waals surface area contributed by atoms with Gasteiger partial charge in [0.2, 0.25) is 5.91 Å². The standard InChI is InChI=1S/C25H31NO4S/c1-16-7-9-18(10-8-16)24(28)26(19-11-13-20(27)14-12-19)21-15-22(31-23(21)25(29)30)17-5-3-2-4-6-17/h2-6,15-16,18-19,21,23H,7-14H2,1H3,(H,29,30). The molecule has 0 spiro atoms. The molecule has 1 aromatic rings. The molecule has 5 nitrogen and oxygen atoms in total. The third-order valence-electron chi connectivity index (χ3n) is 7.03. The zero-order valence-electron chi connectivity index (χ0n) is 18.0. The van der Waals surface area contributed by atoms with Crippen LogP contribution in [-0.2, 0) is 14.4 Å². The van der Waals surface area contributed by atoms with Crippen molar-refractivity contribution in [3.8, 4) is 0 Å². The van der Waals surface area contributed by atoms with Gasteiger partial charge in [-0.1, -0.05) is 37.3 Å². The molecule has 0 aromatic heterocycles. The van der Waals surface area contributed by atoms with Crippen LogP contribution >= 0.6 is 11.8 Å². The number of thioether (sulfide) groups is 1. The molecule has 1 aromatic carbocycles. The second-order valence-electron chi connectivity index (χ2n) is 9.24. The van der Waals surface area contributed by atoms with Gasteiger partial charge >= 0.3 is 5.97 Å². The van der Waals surface area contributed by atoms with E-state index in [0.717, 1.165) is 36.2 Å². The first kappa shape index (κ1) is 22.1. The summed E-state index contributed by atoms with van der Waals surface area (Å²) in [7, 11) is 0. The van der Waals surface area contributed by atoms with Crippen molar-refractivity contribution in [2.24, 2.45) is 11.8 Å². The summed E-state index contributed by atoms with van der Waals surface area (Å²) in [6, 6.07) is 9.24. The van der Waals surface area contributed by atoms with E-state index >= 15 is 0 Å². The minimum Gasteiger partial charge on any atom is -0.480 e. The first-order valence-electron chi connectivity index (χ1n) is 11.4. The predicted octanol–water partition coefficient (Wildman–Crippen LogP) is 4.76. The SMILES string of the molecule is CC1CCC(C(=O)N(C2CCC(=O)CC2)C2C=C(c3ccccc3)SC2C(=O)O)CC1. The summed E-state index contributed by atoms with van der Waals surface area (Å²) >= 11 is 1.34. The fourth-order valence-electron chi connectivity index (χ4n) is 5.17. The van der Waals surface area contributed by atoms with Gasteiger partial charge in [0.25, 0.3) is 0 Å². The molecule has 0 bridgehead atoms. The van der Waals surface area contributed by atoms with Gasteiger partial charge in [0.1, 0.15) is 11.0 Å². The van der Waals surface area contributed by atoms with Crippen LogP contribution in [0.4, 0.5) is 0 Å².